The van der Waals surface area contributed by atoms with E-state index >= 15 is 0 Å². The first kappa shape index (κ1) is 11.8. The molecule has 6 heteroatoms. The van der Waals surface area contributed by atoms with E-state index in [1.807, 2.05) is 6.92 Å². The normalized spacial score (nSPS) is 22.2. The molecule has 5 nitrogen and oxygen atoms in total. The first-order valence-corrected chi connectivity index (χ1v) is 6.29. The Balaban J connectivity index is 1.82. The third-order valence-electron chi connectivity index (χ3n) is 2.91. The fourth-order valence-corrected chi connectivity index (χ4v) is 2.47. The smallest absolute Gasteiger partial charge is 0.202 e. The molecule has 0 aromatic carbocycles. The van der Waals surface area contributed by atoms with Gasteiger partial charge in [-0.3, -0.25) is 0 Å². The van der Waals surface area contributed by atoms with Crippen LogP contribution in [0, 0.1) is 18.8 Å². The number of anilines is 1. The van der Waals surface area contributed by atoms with Crippen molar-refractivity contribution in [2.75, 3.05) is 31.7 Å². The van der Waals surface area contributed by atoms with Crippen LogP contribution in [0.2, 0.25) is 0 Å². The van der Waals surface area contributed by atoms with Crippen molar-refractivity contribution in [2.24, 2.45) is 11.8 Å². The second-order valence-corrected chi connectivity index (χ2v) is 4.85. The van der Waals surface area contributed by atoms with Crippen LogP contribution >= 0.6 is 11.5 Å². The van der Waals surface area contributed by atoms with E-state index in [1.165, 1.54) is 11.5 Å². The van der Waals surface area contributed by atoms with Crippen molar-refractivity contribution in [3.8, 4) is 0 Å². The fraction of sp³-hybridized carbons (Fsp3) is 0.800. The molecule has 1 aromatic heterocycles. The number of aliphatic hydroxyl groups excluding tert-OH is 1. The highest BCUT2D eigenvalue weighted by Crippen LogP contribution is 2.22. The van der Waals surface area contributed by atoms with Crippen LogP contribution in [0.25, 0.3) is 0 Å². The number of ether oxygens (including phenoxy) is 1. The van der Waals surface area contributed by atoms with Gasteiger partial charge in [0.1, 0.15) is 5.82 Å². The average molecular weight is 243 g/mol. The maximum absolute atomic E-state index is 9.34. The zero-order valence-electron chi connectivity index (χ0n) is 9.35. The minimum Gasteiger partial charge on any atom is -0.396 e. The van der Waals surface area contributed by atoms with Crippen molar-refractivity contribution in [1.82, 2.24) is 9.36 Å². The van der Waals surface area contributed by atoms with Gasteiger partial charge in [0.15, 0.2) is 0 Å². The highest BCUT2D eigenvalue weighted by Gasteiger charge is 2.25. The highest BCUT2D eigenvalue weighted by molar-refractivity contribution is 7.09. The van der Waals surface area contributed by atoms with Gasteiger partial charge in [0, 0.05) is 43.8 Å². The molecule has 0 saturated carbocycles. The molecule has 1 aromatic rings. The number of aliphatic hydroxyl groups is 1. The van der Waals surface area contributed by atoms with Gasteiger partial charge in [-0.15, -0.1) is 0 Å². The van der Waals surface area contributed by atoms with Gasteiger partial charge in [-0.1, -0.05) is 0 Å². The lowest BCUT2D eigenvalue weighted by atomic mass is 9.92. The van der Waals surface area contributed by atoms with Crippen LogP contribution in [0.4, 0.5) is 5.13 Å². The van der Waals surface area contributed by atoms with E-state index in [9.17, 15) is 5.11 Å². The predicted molar refractivity (Wildman–Crippen MR) is 62.6 cm³/mol. The van der Waals surface area contributed by atoms with Crippen molar-refractivity contribution in [1.29, 1.82) is 0 Å². The predicted octanol–water partition coefficient (Wildman–Crippen LogP) is 0.903. The van der Waals surface area contributed by atoms with E-state index in [2.05, 4.69) is 14.7 Å². The van der Waals surface area contributed by atoms with Gasteiger partial charge in [0.05, 0.1) is 0 Å². The number of rotatable bonds is 5. The molecule has 1 fully saturated rings. The number of aryl methyl sites for hydroxylation is 1. The Labute approximate surface area is 99.0 Å². The molecule has 0 aliphatic carbocycles. The van der Waals surface area contributed by atoms with E-state index in [4.69, 9.17) is 4.74 Å². The van der Waals surface area contributed by atoms with E-state index < -0.39 is 0 Å². The monoisotopic (exact) mass is 243 g/mol. The van der Waals surface area contributed by atoms with Crippen molar-refractivity contribution in [3.05, 3.63) is 5.82 Å². The summed E-state index contributed by atoms with van der Waals surface area (Å²) in [5.74, 6) is 1.50. The largest absolute Gasteiger partial charge is 0.396 e. The van der Waals surface area contributed by atoms with Crippen molar-refractivity contribution >= 4 is 16.7 Å². The molecule has 2 heterocycles. The van der Waals surface area contributed by atoms with E-state index in [0.29, 0.717) is 5.92 Å². The summed E-state index contributed by atoms with van der Waals surface area (Å²) in [4.78, 5) is 4.23. The fourth-order valence-electron chi connectivity index (χ4n) is 1.89. The van der Waals surface area contributed by atoms with Gasteiger partial charge in [-0.05, 0) is 19.3 Å². The molecule has 2 atom stereocenters. The number of aromatic nitrogens is 2. The average Bonchev–Trinajstić information content (AvgIpc) is 2.91. The number of hydrogen-bond donors (Lipinski definition) is 2. The van der Waals surface area contributed by atoms with Crippen LogP contribution in [0.1, 0.15) is 12.2 Å². The summed E-state index contributed by atoms with van der Waals surface area (Å²) >= 11 is 1.36. The molecule has 0 unspecified atom stereocenters. The van der Waals surface area contributed by atoms with Gasteiger partial charge in [-0.25, -0.2) is 4.98 Å². The summed E-state index contributed by atoms with van der Waals surface area (Å²) in [6.45, 7) is 4.38. The van der Waals surface area contributed by atoms with Crippen molar-refractivity contribution in [2.45, 2.75) is 13.3 Å². The molecule has 90 valence electrons. The Bertz CT molecular complexity index is 326. The maximum atomic E-state index is 9.34. The maximum Gasteiger partial charge on any atom is 0.202 e. The number of nitrogens with one attached hydrogen (secondary N) is 1. The Morgan fingerprint density at radius 1 is 1.69 bits per heavy atom. The summed E-state index contributed by atoms with van der Waals surface area (Å²) in [6, 6.07) is 0. The van der Waals surface area contributed by atoms with Crippen LogP contribution in [-0.2, 0) is 4.74 Å². The number of hydrogen-bond acceptors (Lipinski definition) is 6. The Morgan fingerprint density at radius 2 is 2.56 bits per heavy atom. The molecule has 16 heavy (non-hydrogen) atoms. The Hall–Kier alpha value is -0.720. The molecule has 0 spiro atoms. The lowest BCUT2D eigenvalue weighted by Crippen LogP contribution is -2.26. The summed E-state index contributed by atoms with van der Waals surface area (Å²) in [5, 5.41) is 13.4. The number of nitrogens with zero attached hydrogens (tertiary/aromatic N) is 2. The van der Waals surface area contributed by atoms with Crippen LogP contribution in [-0.4, -0.2) is 40.8 Å². The topological polar surface area (TPSA) is 67.3 Å². The van der Waals surface area contributed by atoms with Crippen molar-refractivity contribution < 1.29 is 9.84 Å². The minimum atomic E-state index is 0.193. The molecule has 1 aliphatic rings. The van der Waals surface area contributed by atoms with Crippen LogP contribution in [0.5, 0.6) is 0 Å². The molecule has 0 amide bonds. The van der Waals surface area contributed by atoms with Gasteiger partial charge in [0.2, 0.25) is 5.13 Å². The zero-order chi connectivity index (χ0) is 11.4. The van der Waals surface area contributed by atoms with Crippen LogP contribution < -0.4 is 5.32 Å². The van der Waals surface area contributed by atoms with Gasteiger partial charge < -0.3 is 15.2 Å². The summed E-state index contributed by atoms with van der Waals surface area (Å²) in [5.41, 5.74) is 0. The van der Waals surface area contributed by atoms with E-state index in [0.717, 1.165) is 37.1 Å². The molecular formula is C10H17N3O2S. The minimum absolute atomic E-state index is 0.193. The molecule has 1 saturated heterocycles. The third kappa shape index (κ3) is 2.90. The van der Waals surface area contributed by atoms with Gasteiger partial charge in [0.25, 0.3) is 0 Å². The Kier molecular flexibility index (Phi) is 4.09. The van der Waals surface area contributed by atoms with Gasteiger partial charge in [-0.2, -0.15) is 4.37 Å². The lowest BCUT2D eigenvalue weighted by Gasteiger charge is -2.19. The van der Waals surface area contributed by atoms with Gasteiger partial charge >= 0.3 is 0 Å². The third-order valence-corrected chi connectivity index (χ3v) is 3.67. The summed E-state index contributed by atoms with van der Waals surface area (Å²) in [7, 11) is 0. The second kappa shape index (κ2) is 5.56. The quantitative estimate of drug-likeness (QED) is 0.804. The lowest BCUT2D eigenvalue weighted by molar-refractivity contribution is 0.145. The zero-order valence-corrected chi connectivity index (χ0v) is 10.2. The first-order valence-electron chi connectivity index (χ1n) is 5.52. The second-order valence-electron chi connectivity index (χ2n) is 4.09. The summed E-state index contributed by atoms with van der Waals surface area (Å²) < 4.78 is 9.43. The Morgan fingerprint density at radius 3 is 3.12 bits per heavy atom. The molecule has 0 radical (unpaired) electrons. The van der Waals surface area contributed by atoms with Crippen molar-refractivity contribution in [3.63, 3.8) is 0 Å². The van der Waals surface area contributed by atoms with E-state index in [-0.39, 0.29) is 12.5 Å². The standard InChI is InChI=1S/C10H17N3O2S/c1-7-12-10(16-13-7)11-4-9(5-14)8-2-3-15-6-8/h8-9,14H,2-6H2,1H3,(H,11,12,13)/t8-,9-/m0/s1. The van der Waals surface area contributed by atoms with E-state index in [1.54, 1.807) is 0 Å². The summed E-state index contributed by atoms with van der Waals surface area (Å²) in [6.07, 6.45) is 1.04. The van der Waals surface area contributed by atoms with Crippen LogP contribution in [0.15, 0.2) is 0 Å². The SMILES string of the molecule is Cc1nsc(NC[C@@H](CO)[C@H]2CCOC2)n1. The highest BCUT2D eigenvalue weighted by atomic mass is 32.1. The molecule has 1 aliphatic heterocycles. The van der Waals surface area contributed by atoms with Crippen LogP contribution in [0.3, 0.4) is 0 Å². The molecule has 2 N–H and O–H groups in total. The first-order chi connectivity index (χ1) is 7.79. The molecule has 2 rings (SSSR count). The molecule has 0 bridgehead atoms. The molecular weight excluding hydrogens is 226 g/mol.